The minimum absolute atomic E-state index is 0.0186. The highest BCUT2D eigenvalue weighted by atomic mass is 16.6. The Hall–Kier alpha value is -1.26. The van der Waals surface area contributed by atoms with E-state index in [-0.39, 0.29) is 19.2 Å². The molecule has 1 amide bonds. The van der Waals surface area contributed by atoms with Crippen molar-refractivity contribution in [3.05, 3.63) is 0 Å². The lowest BCUT2D eigenvalue weighted by Crippen LogP contribution is -2.17. The molecule has 5 heteroatoms. The summed E-state index contributed by atoms with van der Waals surface area (Å²) in [4.78, 5) is 20.7. The van der Waals surface area contributed by atoms with E-state index in [1.807, 2.05) is 6.92 Å². The molecule has 0 bridgehead atoms. The third kappa shape index (κ3) is 6.85. The van der Waals surface area contributed by atoms with E-state index in [1.165, 1.54) is 0 Å². The second-order valence-electron chi connectivity index (χ2n) is 2.14. The number of amides is 1. The van der Waals surface area contributed by atoms with Crippen molar-refractivity contribution in [3.8, 4) is 0 Å². The van der Waals surface area contributed by atoms with Crippen LogP contribution in [-0.2, 0) is 14.3 Å². The lowest BCUT2D eigenvalue weighted by molar-refractivity contribution is -0.144. The summed E-state index contributed by atoms with van der Waals surface area (Å²) >= 11 is 0. The predicted octanol–water partition coefficient (Wildman–Crippen LogP) is 0.425. The first kappa shape index (κ1) is 10.7. The normalized spacial score (nSPS) is 9.08. The largest absolute Gasteiger partial charge is 0.462 e. The lowest BCUT2D eigenvalue weighted by Gasteiger charge is -2.02. The van der Waals surface area contributed by atoms with Gasteiger partial charge in [0.15, 0.2) is 0 Å². The van der Waals surface area contributed by atoms with E-state index in [2.05, 4.69) is 15.2 Å². The molecule has 0 spiro atoms. The van der Waals surface area contributed by atoms with Crippen LogP contribution in [0.5, 0.6) is 0 Å². The van der Waals surface area contributed by atoms with Crippen molar-refractivity contribution in [1.29, 1.82) is 0 Å². The molecule has 0 saturated heterocycles. The SMILES string of the molecule is CCCC(=O)OCCOC(N)=O. The highest BCUT2D eigenvalue weighted by Gasteiger charge is 2.00. The van der Waals surface area contributed by atoms with Crippen LogP contribution in [0.1, 0.15) is 19.8 Å². The van der Waals surface area contributed by atoms with Gasteiger partial charge in [-0.2, -0.15) is 0 Å². The maximum Gasteiger partial charge on any atom is 0.404 e. The maximum atomic E-state index is 10.7. The summed E-state index contributed by atoms with van der Waals surface area (Å²) < 4.78 is 8.99. The smallest absolute Gasteiger partial charge is 0.404 e. The number of carbonyl (C=O) groups is 2. The van der Waals surface area contributed by atoms with Crippen molar-refractivity contribution < 1.29 is 19.1 Å². The number of esters is 1. The second kappa shape index (κ2) is 6.45. The number of nitrogens with two attached hydrogens (primary N) is 1. The first-order chi connectivity index (χ1) is 5.66. The summed E-state index contributed by atoms with van der Waals surface area (Å²) in [6.07, 6.45) is 0.271. The standard InChI is InChI=1S/C7H13NO4/c1-2-3-6(9)11-4-5-12-7(8)10/h2-5H2,1H3,(H2,8,10). The second-order valence-corrected chi connectivity index (χ2v) is 2.14. The van der Waals surface area contributed by atoms with Crippen molar-refractivity contribution in [2.24, 2.45) is 5.73 Å². The molecule has 0 atom stereocenters. The minimum atomic E-state index is -0.860. The van der Waals surface area contributed by atoms with Gasteiger partial charge < -0.3 is 15.2 Å². The molecule has 0 rings (SSSR count). The molecule has 0 radical (unpaired) electrons. The summed E-state index contributed by atoms with van der Waals surface area (Å²) in [5.41, 5.74) is 4.67. The van der Waals surface area contributed by atoms with Crippen LogP contribution in [0.2, 0.25) is 0 Å². The molecule has 12 heavy (non-hydrogen) atoms. The van der Waals surface area contributed by atoms with E-state index in [1.54, 1.807) is 0 Å². The summed E-state index contributed by atoms with van der Waals surface area (Å²) in [6.45, 7) is 1.97. The van der Waals surface area contributed by atoms with Crippen molar-refractivity contribution in [2.75, 3.05) is 13.2 Å². The Morgan fingerprint density at radius 2 is 1.83 bits per heavy atom. The average molecular weight is 175 g/mol. The predicted molar refractivity (Wildman–Crippen MR) is 41.4 cm³/mol. The van der Waals surface area contributed by atoms with Crippen LogP contribution in [0.15, 0.2) is 0 Å². The molecule has 0 aliphatic carbocycles. The zero-order valence-electron chi connectivity index (χ0n) is 7.04. The van der Waals surface area contributed by atoms with Gasteiger partial charge in [0.05, 0.1) is 0 Å². The van der Waals surface area contributed by atoms with Crippen LogP contribution in [0.4, 0.5) is 4.79 Å². The van der Waals surface area contributed by atoms with Gasteiger partial charge in [0.2, 0.25) is 0 Å². The summed E-state index contributed by atoms with van der Waals surface area (Å²) in [5.74, 6) is -0.287. The number of hydrogen-bond acceptors (Lipinski definition) is 4. The zero-order chi connectivity index (χ0) is 9.40. The summed E-state index contributed by atoms with van der Waals surface area (Å²) in [7, 11) is 0. The van der Waals surface area contributed by atoms with E-state index < -0.39 is 6.09 Å². The quantitative estimate of drug-likeness (QED) is 0.485. The van der Waals surface area contributed by atoms with Gasteiger partial charge in [-0.05, 0) is 6.42 Å². The van der Waals surface area contributed by atoms with Gasteiger partial charge in [0.1, 0.15) is 13.2 Å². The fourth-order valence-electron chi connectivity index (χ4n) is 0.574. The van der Waals surface area contributed by atoms with Crippen molar-refractivity contribution in [2.45, 2.75) is 19.8 Å². The molecule has 0 aromatic carbocycles. The zero-order valence-corrected chi connectivity index (χ0v) is 7.04. The molecule has 0 heterocycles. The van der Waals surface area contributed by atoms with Crippen LogP contribution in [0, 0.1) is 0 Å². The van der Waals surface area contributed by atoms with Crippen LogP contribution in [-0.4, -0.2) is 25.3 Å². The number of hydrogen-bond donors (Lipinski definition) is 1. The van der Waals surface area contributed by atoms with Gasteiger partial charge in [-0.3, -0.25) is 4.79 Å². The lowest BCUT2D eigenvalue weighted by atomic mass is 10.3. The Morgan fingerprint density at radius 1 is 1.25 bits per heavy atom. The fraction of sp³-hybridized carbons (Fsp3) is 0.714. The topological polar surface area (TPSA) is 78.6 Å². The molecule has 0 aliphatic heterocycles. The minimum Gasteiger partial charge on any atom is -0.462 e. The Kier molecular flexibility index (Phi) is 5.77. The number of primary amides is 1. The van der Waals surface area contributed by atoms with Crippen LogP contribution in [0.3, 0.4) is 0 Å². The third-order valence-corrected chi connectivity index (χ3v) is 1.04. The first-order valence-corrected chi connectivity index (χ1v) is 3.74. The average Bonchev–Trinajstić information content (AvgIpc) is 1.98. The van der Waals surface area contributed by atoms with Crippen molar-refractivity contribution in [1.82, 2.24) is 0 Å². The molecule has 0 aliphatic rings. The highest BCUT2D eigenvalue weighted by molar-refractivity contribution is 5.69. The van der Waals surface area contributed by atoms with Crippen LogP contribution >= 0.6 is 0 Å². The molecule has 0 saturated carbocycles. The Labute approximate surface area is 70.8 Å². The van der Waals surface area contributed by atoms with Crippen LogP contribution in [0.25, 0.3) is 0 Å². The van der Waals surface area contributed by atoms with E-state index in [9.17, 15) is 9.59 Å². The van der Waals surface area contributed by atoms with E-state index in [0.717, 1.165) is 6.42 Å². The monoisotopic (exact) mass is 175 g/mol. The van der Waals surface area contributed by atoms with Gasteiger partial charge in [-0.15, -0.1) is 0 Å². The Balaban J connectivity index is 3.19. The van der Waals surface area contributed by atoms with Crippen molar-refractivity contribution in [3.63, 3.8) is 0 Å². The van der Waals surface area contributed by atoms with Gasteiger partial charge in [-0.25, -0.2) is 4.79 Å². The van der Waals surface area contributed by atoms with Crippen molar-refractivity contribution >= 4 is 12.1 Å². The summed E-state index contributed by atoms with van der Waals surface area (Å²) in [6, 6.07) is 0. The fourth-order valence-corrected chi connectivity index (χ4v) is 0.574. The Bertz CT molecular complexity index is 157. The molecule has 70 valence electrons. The third-order valence-electron chi connectivity index (χ3n) is 1.04. The van der Waals surface area contributed by atoms with Gasteiger partial charge in [0, 0.05) is 6.42 Å². The molecular weight excluding hydrogens is 162 g/mol. The molecule has 0 aromatic rings. The Morgan fingerprint density at radius 3 is 2.33 bits per heavy atom. The van der Waals surface area contributed by atoms with Gasteiger partial charge in [0.25, 0.3) is 0 Å². The molecule has 5 nitrogen and oxygen atoms in total. The van der Waals surface area contributed by atoms with E-state index >= 15 is 0 Å². The van der Waals surface area contributed by atoms with Crippen LogP contribution < -0.4 is 5.73 Å². The van der Waals surface area contributed by atoms with Gasteiger partial charge in [-0.1, -0.05) is 6.92 Å². The molecule has 0 fully saturated rings. The first-order valence-electron chi connectivity index (χ1n) is 3.74. The highest BCUT2D eigenvalue weighted by Crippen LogP contribution is 1.90. The molecular formula is C7H13NO4. The van der Waals surface area contributed by atoms with E-state index in [4.69, 9.17) is 0 Å². The number of ether oxygens (including phenoxy) is 2. The van der Waals surface area contributed by atoms with E-state index in [0.29, 0.717) is 6.42 Å². The molecule has 2 N–H and O–H groups in total. The number of carbonyl (C=O) groups excluding carboxylic acids is 2. The number of rotatable bonds is 5. The van der Waals surface area contributed by atoms with Gasteiger partial charge >= 0.3 is 12.1 Å². The molecule has 0 unspecified atom stereocenters. The molecule has 0 aromatic heterocycles. The summed E-state index contributed by atoms with van der Waals surface area (Å²) in [5, 5.41) is 0. The maximum absolute atomic E-state index is 10.7.